The number of methoxy groups -OCH3 is 1. The SMILES string of the molecule is CCCCN(C)C(=O)Oc1ccc2[nH]cc(CCC(=O)OC)c2c1. The van der Waals surface area contributed by atoms with Crippen LogP contribution < -0.4 is 4.74 Å². The molecule has 0 bridgehead atoms. The van der Waals surface area contributed by atoms with Crippen molar-refractivity contribution in [2.45, 2.75) is 32.6 Å². The van der Waals surface area contributed by atoms with Gasteiger partial charge in [-0.25, -0.2) is 4.79 Å². The Bertz CT molecular complexity index is 708. The lowest BCUT2D eigenvalue weighted by Gasteiger charge is -2.16. The van der Waals surface area contributed by atoms with E-state index in [1.54, 1.807) is 18.0 Å². The fraction of sp³-hybridized carbons (Fsp3) is 0.444. The first-order valence-corrected chi connectivity index (χ1v) is 8.15. The van der Waals surface area contributed by atoms with Crippen LogP contribution >= 0.6 is 0 Å². The molecule has 1 aromatic carbocycles. The van der Waals surface area contributed by atoms with Crippen LogP contribution in [0.4, 0.5) is 4.79 Å². The summed E-state index contributed by atoms with van der Waals surface area (Å²) in [6.07, 6.45) is 4.35. The molecule has 0 saturated heterocycles. The predicted octanol–water partition coefficient (Wildman–Crippen LogP) is 3.50. The van der Waals surface area contributed by atoms with Gasteiger partial charge in [0.1, 0.15) is 5.75 Å². The summed E-state index contributed by atoms with van der Waals surface area (Å²) in [4.78, 5) is 28.1. The summed E-state index contributed by atoms with van der Waals surface area (Å²) in [6.45, 7) is 2.75. The van der Waals surface area contributed by atoms with Crippen LogP contribution in [0.3, 0.4) is 0 Å². The van der Waals surface area contributed by atoms with Crippen LogP contribution in [-0.4, -0.2) is 42.6 Å². The number of ether oxygens (including phenoxy) is 2. The van der Waals surface area contributed by atoms with Gasteiger partial charge in [0, 0.05) is 37.1 Å². The largest absolute Gasteiger partial charge is 0.469 e. The predicted molar refractivity (Wildman–Crippen MR) is 92.2 cm³/mol. The number of carbonyl (C=O) groups excluding carboxylic acids is 2. The van der Waals surface area contributed by atoms with Gasteiger partial charge in [-0.15, -0.1) is 0 Å². The average molecular weight is 332 g/mol. The van der Waals surface area contributed by atoms with Gasteiger partial charge in [0.25, 0.3) is 0 Å². The Kier molecular flexibility index (Phi) is 6.23. The van der Waals surface area contributed by atoms with Gasteiger partial charge in [0.15, 0.2) is 0 Å². The van der Waals surface area contributed by atoms with Gasteiger partial charge in [-0.05, 0) is 36.6 Å². The molecule has 1 amide bonds. The Morgan fingerprint density at radius 1 is 1.29 bits per heavy atom. The van der Waals surface area contributed by atoms with Gasteiger partial charge in [-0.2, -0.15) is 0 Å². The van der Waals surface area contributed by atoms with Gasteiger partial charge < -0.3 is 19.4 Å². The number of esters is 1. The molecule has 0 aliphatic heterocycles. The molecule has 1 N–H and O–H groups in total. The third kappa shape index (κ3) is 4.50. The van der Waals surface area contributed by atoms with Crippen molar-refractivity contribution < 1.29 is 19.1 Å². The zero-order valence-corrected chi connectivity index (χ0v) is 14.4. The van der Waals surface area contributed by atoms with E-state index in [2.05, 4.69) is 16.6 Å². The first-order valence-electron chi connectivity index (χ1n) is 8.15. The number of hydrogen-bond acceptors (Lipinski definition) is 4. The molecule has 1 aromatic heterocycles. The molecule has 0 aliphatic rings. The number of unbranched alkanes of at least 4 members (excludes halogenated alkanes) is 1. The van der Waals surface area contributed by atoms with Crippen molar-refractivity contribution in [3.8, 4) is 5.75 Å². The summed E-state index contributed by atoms with van der Waals surface area (Å²) in [5.41, 5.74) is 1.93. The fourth-order valence-corrected chi connectivity index (χ4v) is 2.43. The Morgan fingerprint density at radius 3 is 2.79 bits per heavy atom. The summed E-state index contributed by atoms with van der Waals surface area (Å²) >= 11 is 0. The number of aromatic nitrogens is 1. The van der Waals surface area contributed by atoms with Crippen LogP contribution in [0.1, 0.15) is 31.7 Å². The minimum Gasteiger partial charge on any atom is -0.469 e. The summed E-state index contributed by atoms with van der Waals surface area (Å²) < 4.78 is 10.1. The molecule has 0 spiro atoms. The number of H-pyrrole nitrogens is 1. The van der Waals surface area contributed by atoms with Gasteiger partial charge >= 0.3 is 12.1 Å². The van der Waals surface area contributed by atoms with Crippen LogP contribution in [0, 0.1) is 0 Å². The van der Waals surface area contributed by atoms with Gasteiger partial charge in [0.05, 0.1) is 7.11 Å². The Hall–Kier alpha value is -2.50. The molecule has 130 valence electrons. The fourth-order valence-electron chi connectivity index (χ4n) is 2.43. The zero-order chi connectivity index (χ0) is 17.5. The highest BCUT2D eigenvalue weighted by Gasteiger charge is 2.13. The van der Waals surface area contributed by atoms with Gasteiger partial charge in [0.2, 0.25) is 0 Å². The summed E-state index contributed by atoms with van der Waals surface area (Å²) in [5, 5.41) is 0.945. The van der Waals surface area contributed by atoms with E-state index in [1.807, 2.05) is 18.3 Å². The smallest absolute Gasteiger partial charge is 0.414 e. The molecule has 6 heteroatoms. The third-order valence-corrected chi connectivity index (χ3v) is 3.93. The lowest BCUT2D eigenvalue weighted by atomic mass is 10.1. The highest BCUT2D eigenvalue weighted by Crippen LogP contribution is 2.25. The highest BCUT2D eigenvalue weighted by atomic mass is 16.6. The number of benzene rings is 1. The van der Waals surface area contributed by atoms with Crippen molar-refractivity contribution in [1.29, 1.82) is 0 Å². The van der Waals surface area contributed by atoms with Crippen LogP contribution in [0.15, 0.2) is 24.4 Å². The summed E-state index contributed by atoms with van der Waals surface area (Å²) in [7, 11) is 3.11. The second-order valence-corrected chi connectivity index (χ2v) is 5.74. The van der Waals surface area contributed by atoms with Crippen LogP contribution in [0.2, 0.25) is 0 Å². The number of carbonyl (C=O) groups is 2. The maximum absolute atomic E-state index is 12.1. The van der Waals surface area contributed by atoms with Crippen molar-refractivity contribution in [1.82, 2.24) is 9.88 Å². The lowest BCUT2D eigenvalue weighted by Crippen LogP contribution is -2.30. The summed E-state index contributed by atoms with van der Waals surface area (Å²) in [5.74, 6) is 0.249. The van der Waals surface area contributed by atoms with E-state index in [1.165, 1.54) is 7.11 Å². The summed E-state index contributed by atoms with van der Waals surface area (Å²) in [6, 6.07) is 5.45. The first kappa shape index (κ1) is 17.8. The number of aryl methyl sites for hydroxylation is 1. The highest BCUT2D eigenvalue weighted by molar-refractivity contribution is 5.86. The molecule has 2 rings (SSSR count). The van der Waals surface area contributed by atoms with Crippen LogP contribution in [0.25, 0.3) is 10.9 Å². The maximum Gasteiger partial charge on any atom is 0.414 e. The Labute approximate surface area is 141 Å². The minimum atomic E-state index is -0.366. The number of nitrogens with zero attached hydrogens (tertiary/aromatic N) is 1. The normalized spacial score (nSPS) is 10.6. The van der Waals surface area contributed by atoms with Crippen LogP contribution in [0.5, 0.6) is 5.75 Å². The van der Waals surface area contributed by atoms with Crippen molar-refractivity contribution in [3.63, 3.8) is 0 Å². The van der Waals surface area contributed by atoms with Crippen molar-refractivity contribution >= 4 is 23.0 Å². The van der Waals surface area contributed by atoms with Crippen molar-refractivity contribution in [3.05, 3.63) is 30.0 Å². The molecular weight excluding hydrogens is 308 g/mol. The van der Waals surface area contributed by atoms with E-state index in [0.29, 0.717) is 25.1 Å². The zero-order valence-electron chi connectivity index (χ0n) is 14.4. The average Bonchev–Trinajstić information content (AvgIpc) is 2.99. The molecule has 0 saturated carbocycles. The first-order chi connectivity index (χ1) is 11.5. The van der Waals surface area contributed by atoms with E-state index in [0.717, 1.165) is 29.3 Å². The molecule has 0 aliphatic carbocycles. The van der Waals surface area contributed by atoms with Gasteiger partial charge in [-0.1, -0.05) is 13.3 Å². The number of hydrogen-bond donors (Lipinski definition) is 1. The third-order valence-electron chi connectivity index (χ3n) is 3.93. The van der Waals surface area contributed by atoms with Gasteiger partial charge in [-0.3, -0.25) is 4.79 Å². The van der Waals surface area contributed by atoms with E-state index in [4.69, 9.17) is 4.74 Å². The molecule has 24 heavy (non-hydrogen) atoms. The van der Waals surface area contributed by atoms with Crippen molar-refractivity contribution in [2.24, 2.45) is 0 Å². The van der Waals surface area contributed by atoms with E-state index in [9.17, 15) is 9.59 Å². The topological polar surface area (TPSA) is 71.6 Å². The maximum atomic E-state index is 12.1. The quantitative estimate of drug-likeness (QED) is 0.788. The van der Waals surface area contributed by atoms with E-state index < -0.39 is 0 Å². The number of amides is 1. The molecule has 0 fully saturated rings. The van der Waals surface area contributed by atoms with Crippen LogP contribution in [-0.2, 0) is 16.0 Å². The lowest BCUT2D eigenvalue weighted by molar-refractivity contribution is -0.140. The standard InChI is InChI=1S/C18H24N2O4/c1-4-5-10-20(2)18(22)24-14-7-8-16-15(11-14)13(12-19-16)6-9-17(21)23-3/h7-8,11-12,19H,4-6,9-10H2,1-3H3. The molecule has 0 atom stereocenters. The molecule has 6 nitrogen and oxygen atoms in total. The second-order valence-electron chi connectivity index (χ2n) is 5.74. The number of nitrogens with one attached hydrogen (secondary N) is 1. The Morgan fingerprint density at radius 2 is 2.08 bits per heavy atom. The number of rotatable bonds is 7. The monoisotopic (exact) mass is 332 g/mol. The second kappa shape index (κ2) is 8.38. The molecule has 0 unspecified atom stereocenters. The molecule has 1 heterocycles. The molecule has 2 aromatic rings. The van der Waals surface area contributed by atoms with Crippen molar-refractivity contribution in [2.75, 3.05) is 20.7 Å². The Balaban J connectivity index is 2.09. The molecular formula is C18H24N2O4. The van der Waals surface area contributed by atoms with E-state index in [-0.39, 0.29) is 12.1 Å². The molecule has 0 radical (unpaired) electrons. The van der Waals surface area contributed by atoms with E-state index >= 15 is 0 Å². The minimum absolute atomic E-state index is 0.246. The number of fused-ring (bicyclic) bond motifs is 1. The number of aromatic amines is 1.